The van der Waals surface area contributed by atoms with Crippen LogP contribution < -0.4 is 10.1 Å². The lowest BCUT2D eigenvalue weighted by Gasteiger charge is -2.48. The van der Waals surface area contributed by atoms with Crippen molar-refractivity contribution in [3.05, 3.63) is 29.8 Å². The fourth-order valence-corrected chi connectivity index (χ4v) is 4.54. The molecule has 1 aromatic carbocycles. The summed E-state index contributed by atoms with van der Waals surface area (Å²) in [5, 5.41) is 3.20. The van der Waals surface area contributed by atoms with Crippen LogP contribution in [0.2, 0.25) is 0 Å². The number of carbonyl (C=O) groups excluding carboxylic acids is 1. The van der Waals surface area contributed by atoms with Gasteiger partial charge < -0.3 is 14.8 Å². The number of ether oxygens (including phenoxy) is 2. The summed E-state index contributed by atoms with van der Waals surface area (Å²) in [5.74, 6) is 0.698. The molecular formula is C24H38N2O3. The highest BCUT2D eigenvalue weighted by molar-refractivity contribution is 5.80. The monoisotopic (exact) mass is 402 g/mol. The first kappa shape index (κ1) is 22.1. The van der Waals surface area contributed by atoms with Crippen LogP contribution in [0.3, 0.4) is 0 Å². The summed E-state index contributed by atoms with van der Waals surface area (Å²) in [4.78, 5) is 15.3. The van der Waals surface area contributed by atoms with Gasteiger partial charge in [0.1, 0.15) is 5.75 Å². The van der Waals surface area contributed by atoms with Gasteiger partial charge in [-0.15, -0.1) is 0 Å². The van der Waals surface area contributed by atoms with Crippen LogP contribution in [0.1, 0.15) is 65.4 Å². The van der Waals surface area contributed by atoms with Gasteiger partial charge in [0.2, 0.25) is 0 Å². The Labute approximate surface area is 176 Å². The van der Waals surface area contributed by atoms with Crippen LogP contribution in [0, 0.1) is 0 Å². The number of carbonyl (C=O) groups is 1. The molecule has 1 aromatic rings. The first-order chi connectivity index (χ1) is 13.8. The minimum atomic E-state index is -0.513. The van der Waals surface area contributed by atoms with Crippen molar-refractivity contribution >= 4 is 5.91 Å². The van der Waals surface area contributed by atoms with E-state index in [1.807, 2.05) is 19.1 Å². The molecule has 0 aromatic heterocycles. The summed E-state index contributed by atoms with van der Waals surface area (Å²) >= 11 is 0. The molecule has 2 aliphatic rings. The van der Waals surface area contributed by atoms with Crippen LogP contribution in [0.25, 0.3) is 0 Å². The van der Waals surface area contributed by atoms with Gasteiger partial charge in [-0.2, -0.15) is 0 Å². The van der Waals surface area contributed by atoms with E-state index in [1.54, 1.807) is 0 Å². The van der Waals surface area contributed by atoms with Crippen molar-refractivity contribution in [3.8, 4) is 5.75 Å². The summed E-state index contributed by atoms with van der Waals surface area (Å²) in [6.07, 6.45) is 5.55. The summed E-state index contributed by atoms with van der Waals surface area (Å²) < 4.78 is 11.5. The predicted octanol–water partition coefficient (Wildman–Crippen LogP) is 3.90. The minimum absolute atomic E-state index is 0.0388. The van der Waals surface area contributed by atoms with Crippen LogP contribution in [-0.4, -0.2) is 55.3 Å². The molecule has 3 rings (SSSR count). The Bertz CT molecular complexity index is 654. The second-order valence-electron chi connectivity index (χ2n) is 9.64. The van der Waals surface area contributed by atoms with Crippen molar-refractivity contribution in [1.29, 1.82) is 0 Å². The average molecular weight is 403 g/mol. The zero-order valence-corrected chi connectivity index (χ0v) is 18.6. The number of rotatable bonds is 6. The third kappa shape index (κ3) is 5.73. The molecule has 2 fully saturated rings. The van der Waals surface area contributed by atoms with Crippen LogP contribution in [0.4, 0.5) is 0 Å². The molecule has 1 saturated heterocycles. The Morgan fingerprint density at radius 1 is 1.14 bits per heavy atom. The van der Waals surface area contributed by atoms with Gasteiger partial charge in [-0.05, 0) is 42.9 Å². The van der Waals surface area contributed by atoms with E-state index in [-0.39, 0.29) is 16.9 Å². The van der Waals surface area contributed by atoms with Crippen LogP contribution in [-0.2, 0) is 14.9 Å². The molecule has 0 bridgehead atoms. The average Bonchev–Trinajstić information content (AvgIpc) is 2.73. The number of nitrogens with one attached hydrogen (secondary N) is 1. The number of hydrogen-bond donors (Lipinski definition) is 1. The molecule has 1 heterocycles. The number of hydrogen-bond acceptors (Lipinski definition) is 4. The van der Waals surface area contributed by atoms with Gasteiger partial charge in [0.25, 0.3) is 5.91 Å². The van der Waals surface area contributed by atoms with Crippen molar-refractivity contribution in [2.75, 3.05) is 32.8 Å². The second kappa shape index (κ2) is 9.48. The van der Waals surface area contributed by atoms with E-state index < -0.39 is 6.10 Å². The number of amides is 1. The molecule has 29 heavy (non-hydrogen) atoms. The van der Waals surface area contributed by atoms with Crippen molar-refractivity contribution < 1.29 is 14.3 Å². The number of nitrogens with zero attached hydrogens (tertiary/aromatic N) is 1. The lowest BCUT2D eigenvalue weighted by Crippen LogP contribution is -2.60. The Hall–Kier alpha value is -1.59. The van der Waals surface area contributed by atoms with E-state index >= 15 is 0 Å². The molecule has 0 spiro atoms. The third-order valence-corrected chi connectivity index (χ3v) is 6.46. The highest BCUT2D eigenvalue weighted by Gasteiger charge is 2.39. The predicted molar refractivity (Wildman–Crippen MR) is 116 cm³/mol. The van der Waals surface area contributed by atoms with Gasteiger partial charge in [0.15, 0.2) is 6.10 Å². The van der Waals surface area contributed by atoms with E-state index in [0.29, 0.717) is 6.54 Å². The van der Waals surface area contributed by atoms with Crippen LogP contribution >= 0.6 is 0 Å². The van der Waals surface area contributed by atoms with Gasteiger partial charge in [-0.1, -0.05) is 52.2 Å². The van der Waals surface area contributed by atoms with E-state index in [0.717, 1.165) is 44.9 Å². The lowest BCUT2D eigenvalue weighted by atomic mass is 9.79. The minimum Gasteiger partial charge on any atom is -0.481 e. The molecule has 5 nitrogen and oxygen atoms in total. The maximum absolute atomic E-state index is 12.8. The normalized spacial score (nSPS) is 21.4. The Morgan fingerprint density at radius 3 is 2.34 bits per heavy atom. The summed E-state index contributed by atoms with van der Waals surface area (Å²) in [5.41, 5.74) is 1.44. The molecule has 1 aliphatic heterocycles. The van der Waals surface area contributed by atoms with Crippen molar-refractivity contribution in [2.45, 2.75) is 76.9 Å². The zero-order chi connectivity index (χ0) is 20.9. The van der Waals surface area contributed by atoms with Crippen molar-refractivity contribution in [2.24, 2.45) is 0 Å². The molecule has 1 N–H and O–H groups in total. The van der Waals surface area contributed by atoms with Crippen LogP contribution in [0.15, 0.2) is 24.3 Å². The summed E-state index contributed by atoms with van der Waals surface area (Å²) in [7, 11) is 0. The van der Waals surface area contributed by atoms with Gasteiger partial charge >= 0.3 is 0 Å². The Balaban J connectivity index is 1.56. The zero-order valence-electron chi connectivity index (χ0n) is 18.6. The molecule has 0 unspecified atom stereocenters. The van der Waals surface area contributed by atoms with E-state index in [2.05, 4.69) is 43.1 Å². The fraction of sp³-hybridized carbons (Fsp3) is 0.708. The Morgan fingerprint density at radius 2 is 1.76 bits per heavy atom. The quantitative estimate of drug-likeness (QED) is 0.784. The van der Waals surface area contributed by atoms with Crippen molar-refractivity contribution in [3.63, 3.8) is 0 Å². The summed E-state index contributed by atoms with van der Waals surface area (Å²) in [6, 6.07) is 8.08. The first-order valence-electron chi connectivity index (χ1n) is 11.2. The standard InChI is InChI=1S/C24H38N2O3/c1-19(29-21-10-8-20(9-11-21)23(2,3)4)22(27)25-18-24(12-6-5-7-13-24)26-14-16-28-17-15-26/h8-11,19H,5-7,12-18H2,1-4H3,(H,25,27)/t19-/m1/s1. The lowest BCUT2D eigenvalue weighted by molar-refractivity contribution is -0.128. The topological polar surface area (TPSA) is 50.8 Å². The van der Waals surface area contributed by atoms with Gasteiger partial charge in [0.05, 0.1) is 13.2 Å². The van der Waals surface area contributed by atoms with Gasteiger partial charge in [-0.25, -0.2) is 0 Å². The maximum Gasteiger partial charge on any atom is 0.260 e. The Kier molecular flexibility index (Phi) is 7.23. The van der Waals surface area contributed by atoms with Gasteiger partial charge in [-0.3, -0.25) is 9.69 Å². The molecule has 1 amide bonds. The van der Waals surface area contributed by atoms with Crippen LogP contribution in [0.5, 0.6) is 5.75 Å². The molecule has 162 valence electrons. The SMILES string of the molecule is C[C@@H](Oc1ccc(C(C)(C)C)cc1)C(=O)NCC1(N2CCOCC2)CCCCC1. The molecule has 1 aliphatic carbocycles. The second-order valence-corrected chi connectivity index (χ2v) is 9.64. The molecule has 5 heteroatoms. The van der Waals surface area contributed by atoms with Crippen molar-refractivity contribution in [1.82, 2.24) is 10.2 Å². The largest absolute Gasteiger partial charge is 0.481 e. The van der Waals surface area contributed by atoms with Gasteiger partial charge in [0, 0.05) is 25.2 Å². The first-order valence-corrected chi connectivity index (χ1v) is 11.2. The number of benzene rings is 1. The molecule has 1 atom stereocenters. The summed E-state index contributed by atoms with van der Waals surface area (Å²) in [6.45, 7) is 12.6. The molecule has 1 saturated carbocycles. The van der Waals surface area contributed by atoms with E-state index in [9.17, 15) is 4.79 Å². The smallest absolute Gasteiger partial charge is 0.260 e. The highest BCUT2D eigenvalue weighted by atomic mass is 16.5. The fourth-order valence-electron chi connectivity index (χ4n) is 4.54. The van der Waals surface area contributed by atoms with E-state index in [1.165, 1.54) is 24.8 Å². The molecule has 0 radical (unpaired) electrons. The van der Waals surface area contributed by atoms with E-state index in [4.69, 9.17) is 9.47 Å². The molecular weight excluding hydrogens is 364 g/mol. The third-order valence-electron chi connectivity index (χ3n) is 6.46. The highest BCUT2D eigenvalue weighted by Crippen LogP contribution is 2.34. The number of morpholine rings is 1. The maximum atomic E-state index is 12.8.